The molecule has 0 bridgehead atoms. The van der Waals surface area contributed by atoms with Crippen molar-refractivity contribution in [3.8, 4) is 0 Å². The van der Waals surface area contributed by atoms with Crippen LogP contribution in [0, 0.1) is 0 Å². The van der Waals surface area contributed by atoms with Gasteiger partial charge in [-0.15, -0.1) is 0 Å². The zero-order valence-corrected chi connectivity index (χ0v) is 10.7. The number of ether oxygens (including phenoxy) is 1. The van der Waals surface area contributed by atoms with E-state index in [9.17, 15) is 18.7 Å². The molecule has 1 aromatic rings. The van der Waals surface area contributed by atoms with Crippen molar-refractivity contribution < 1.29 is 23.7 Å². The van der Waals surface area contributed by atoms with Gasteiger partial charge in [-0.1, -0.05) is 0 Å². The van der Waals surface area contributed by atoms with Crippen LogP contribution in [0.3, 0.4) is 0 Å². The summed E-state index contributed by atoms with van der Waals surface area (Å²) >= 11 is 0. The molecule has 3 unspecified atom stereocenters. The lowest BCUT2D eigenvalue weighted by Gasteiger charge is -2.21. The Bertz CT molecular complexity index is 537. The van der Waals surface area contributed by atoms with Crippen LogP contribution >= 0.6 is 0 Å². The second-order valence-electron chi connectivity index (χ2n) is 4.36. The minimum atomic E-state index is -3.70. The fraction of sp³-hybridized carbons (Fsp3) is 0.636. The van der Waals surface area contributed by atoms with E-state index in [2.05, 4.69) is 10.3 Å². The number of nitrogens with one attached hydrogen (secondary N) is 1. The van der Waals surface area contributed by atoms with Gasteiger partial charge in [-0.25, -0.2) is 4.79 Å². The quantitative estimate of drug-likeness (QED) is 0.696. The molecule has 0 radical (unpaired) electrons. The molecule has 2 rings (SSSR count). The van der Waals surface area contributed by atoms with E-state index in [0.29, 0.717) is 11.1 Å². The number of rotatable bonds is 4. The fourth-order valence-corrected chi connectivity index (χ4v) is 1.99. The van der Waals surface area contributed by atoms with Crippen molar-refractivity contribution in [3.63, 3.8) is 0 Å². The van der Waals surface area contributed by atoms with Crippen LogP contribution in [0.4, 0.5) is 14.6 Å². The van der Waals surface area contributed by atoms with Gasteiger partial charge in [0.25, 0.3) is 0 Å². The Balaban J connectivity index is 2.34. The predicted octanol–water partition coefficient (Wildman–Crippen LogP) is -0.439. The highest BCUT2D eigenvalue weighted by molar-refractivity contribution is 5.31. The van der Waals surface area contributed by atoms with Crippen LogP contribution in [0.5, 0.6) is 0 Å². The van der Waals surface area contributed by atoms with E-state index in [1.807, 2.05) is 0 Å². The smallest absolute Gasteiger partial charge is 0.351 e. The molecule has 0 aliphatic carbocycles. The number of alkyl halides is 2. The lowest BCUT2D eigenvalue weighted by atomic mass is 10.1. The van der Waals surface area contributed by atoms with Crippen molar-refractivity contribution in [2.45, 2.75) is 31.3 Å². The number of hydrogen-bond donors (Lipinski definition) is 3. The van der Waals surface area contributed by atoms with Crippen LogP contribution < -0.4 is 11.0 Å². The van der Waals surface area contributed by atoms with Crippen LogP contribution in [-0.4, -0.2) is 51.0 Å². The molecular weight excluding hydrogens is 276 g/mol. The van der Waals surface area contributed by atoms with Crippen molar-refractivity contribution in [1.82, 2.24) is 9.55 Å². The molecule has 7 nitrogen and oxygen atoms in total. The first-order chi connectivity index (χ1) is 9.41. The van der Waals surface area contributed by atoms with Gasteiger partial charge in [0.1, 0.15) is 11.9 Å². The van der Waals surface area contributed by atoms with Gasteiger partial charge in [-0.05, 0) is 13.0 Å². The zero-order chi connectivity index (χ0) is 14.9. The van der Waals surface area contributed by atoms with E-state index < -0.39 is 36.7 Å². The molecule has 112 valence electrons. The van der Waals surface area contributed by atoms with E-state index >= 15 is 0 Å². The predicted molar refractivity (Wildman–Crippen MR) is 64.6 cm³/mol. The summed E-state index contributed by atoms with van der Waals surface area (Å²) in [7, 11) is 0. The monoisotopic (exact) mass is 291 g/mol. The number of halogens is 2. The first-order valence-corrected chi connectivity index (χ1v) is 6.07. The lowest BCUT2D eigenvalue weighted by molar-refractivity contribution is -0.140. The molecule has 0 saturated carbocycles. The van der Waals surface area contributed by atoms with Crippen LogP contribution in [0.15, 0.2) is 17.1 Å². The van der Waals surface area contributed by atoms with Gasteiger partial charge in [0.2, 0.25) is 6.23 Å². The Morgan fingerprint density at radius 2 is 2.30 bits per heavy atom. The minimum absolute atomic E-state index is 0.259. The maximum atomic E-state index is 13.9. The Labute approximate surface area is 112 Å². The third kappa shape index (κ3) is 2.39. The second kappa shape index (κ2) is 5.43. The largest absolute Gasteiger partial charge is 0.394 e. The number of hydrogen-bond acceptors (Lipinski definition) is 6. The first kappa shape index (κ1) is 14.8. The lowest BCUT2D eigenvalue weighted by Crippen LogP contribution is -2.41. The van der Waals surface area contributed by atoms with Crippen molar-refractivity contribution in [2.24, 2.45) is 0 Å². The summed E-state index contributed by atoms with van der Waals surface area (Å²) in [6.07, 6.45) is -4.52. The Kier molecular flexibility index (Phi) is 4.02. The second-order valence-corrected chi connectivity index (χ2v) is 4.36. The number of aromatic nitrogens is 2. The summed E-state index contributed by atoms with van der Waals surface area (Å²) in [5, 5.41) is 21.1. The average molecular weight is 291 g/mol. The topological polar surface area (TPSA) is 96.6 Å². The van der Waals surface area contributed by atoms with Gasteiger partial charge in [-0.3, -0.25) is 4.57 Å². The van der Waals surface area contributed by atoms with Gasteiger partial charge < -0.3 is 20.3 Å². The van der Waals surface area contributed by atoms with Gasteiger partial charge in [0.05, 0.1) is 6.61 Å². The SMILES string of the molecule is CCNc1ccn(C2OC(CO)C(O)C2(F)F)c(=O)n1. The number of anilines is 1. The molecule has 1 aliphatic rings. The van der Waals surface area contributed by atoms with E-state index in [0.717, 1.165) is 6.20 Å². The molecule has 0 amide bonds. The zero-order valence-electron chi connectivity index (χ0n) is 10.7. The fourth-order valence-electron chi connectivity index (χ4n) is 1.99. The molecule has 0 aromatic carbocycles. The third-order valence-electron chi connectivity index (χ3n) is 3.00. The van der Waals surface area contributed by atoms with Crippen molar-refractivity contribution in [1.29, 1.82) is 0 Å². The highest BCUT2D eigenvalue weighted by atomic mass is 19.3. The van der Waals surface area contributed by atoms with Crippen LogP contribution in [-0.2, 0) is 4.74 Å². The van der Waals surface area contributed by atoms with E-state index in [4.69, 9.17) is 9.84 Å². The number of aliphatic hydroxyl groups excluding tert-OH is 2. The van der Waals surface area contributed by atoms with Crippen molar-refractivity contribution in [2.75, 3.05) is 18.5 Å². The normalized spacial score (nSPS) is 28.6. The van der Waals surface area contributed by atoms with Crippen molar-refractivity contribution >= 4 is 5.82 Å². The average Bonchev–Trinajstić information content (AvgIpc) is 2.62. The summed E-state index contributed by atoms with van der Waals surface area (Å²) in [6, 6.07) is 1.35. The highest BCUT2D eigenvalue weighted by Gasteiger charge is 2.59. The minimum Gasteiger partial charge on any atom is -0.394 e. The maximum absolute atomic E-state index is 13.9. The molecule has 1 aliphatic heterocycles. The maximum Gasteiger partial charge on any atom is 0.351 e. The van der Waals surface area contributed by atoms with E-state index in [1.54, 1.807) is 6.92 Å². The molecule has 9 heteroatoms. The molecule has 1 fully saturated rings. The van der Waals surface area contributed by atoms with Crippen LogP contribution in [0.25, 0.3) is 0 Å². The van der Waals surface area contributed by atoms with Gasteiger partial charge in [0.15, 0.2) is 6.10 Å². The molecular formula is C11H15F2N3O4. The van der Waals surface area contributed by atoms with Gasteiger partial charge in [0, 0.05) is 12.7 Å². The summed E-state index contributed by atoms with van der Waals surface area (Å²) in [5.41, 5.74) is -0.932. The summed E-state index contributed by atoms with van der Waals surface area (Å²) in [4.78, 5) is 15.3. The van der Waals surface area contributed by atoms with Crippen LogP contribution in [0.2, 0.25) is 0 Å². The first-order valence-electron chi connectivity index (χ1n) is 6.07. The molecule has 3 atom stereocenters. The Morgan fingerprint density at radius 1 is 1.60 bits per heavy atom. The Hall–Kier alpha value is -1.58. The standard InChI is InChI=1S/C11H15F2N3O4/c1-2-14-7-3-4-16(10(19)15-7)9-11(12,13)8(18)6(5-17)20-9/h3-4,6,8-9,17-18H,2,5H2,1H3,(H,14,15,19). The molecule has 0 spiro atoms. The number of nitrogens with zero attached hydrogens (tertiary/aromatic N) is 2. The number of aliphatic hydroxyl groups is 2. The molecule has 1 saturated heterocycles. The van der Waals surface area contributed by atoms with Gasteiger partial charge >= 0.3 is 11.6 Å². The summed E-state index contributed by atoms with van der Waals surface area (Å²) in [6.45, 7) is 1.55. The molecule has 1 aromatic heterocycles. The summed E-state index contributed by atoms with van der Waals surface area (Å²) < 4.78 is 33.2. The molecule has 2 heterocycles. The van der Waals surface area contributed by atoms with Crippen LogP contribution in [0.1, 0.15) is 13.2 Å². The van der Waals surface area contributed by atoms with E-state index in [1.165, 1.54) is 6.07 Å². The summed E-state index contributed by atoms with van der Waals surface area (Å²) in [5.74, 6) is -3.44. The molecule has 3 N–H and O–H groups in total. The molecule has 20 heavy (non-hydrogen) atoms. The highest BCUT2D eigenvalue weighted by Crippen LogP contribution is 2.41. The van der Waals surface area contributed by atoms with E-state index in [-0.39, 0.29) is 5.82 Å². The third-order valence-corrected chi connectivity index (χ3v) is 3.00. The Morgan fingerprint density at radius 3 is 2.80 bits per heavy atom. The van der Waals surface area contributed by atoms with Gasteiger partial charge in [-0.2, -0.15) is 13.8 Å². The van der Waals surface area contributed by atoms with Crippen molar-refractivity contribution in [3.05, 3.63) is 22.7 Å².